The van der Waals surface area contributed by atoms with Crippen molar-refractivity contribution >= 4 is 27.3 Å². The summed E-state index contributed by atoms with van der Waals surface area (Å²) in [5.41, 5.74) is 2.94. The van der Waals surface area contributed by atoms with E-state index >= 15 is 0 Å². The number of sulfonamides is 1. The van der Waals surface area contributed by atoms with Crippen molar-refractivity contribution in [3.63, 3.8) is 0 Å². The molecule has 0 radical (unpaired) electrons. The molecule has 31 heavy (non-hydrogen) atoms. The number of carbonyl (C=O) groups excluding carboxylic acids is 1. The number of hydrogen-bond acceptors (Lipinski definition) is 4. The van der Waals surface area contributed by atoms with Crippen molar-refractivity contribution in [1.82, 2.24) is 0 Å². The number of benzene rings is 3. The second-order valence-corrected chi connectivity index (χ2v) is 9.13. The summed E-state index contributed by atoms with van der Waals surface area (Å²) in [7, 11) is -3.78. The van der Waals surface area contributed by atoms with Gasteiger partial charge in [0.1, 0.15) is 5.75 Å². The summed E-state index contributed by atoms with van der Waals surface area (Å²) in [5.74, 6) is 0.534. The van der Waals surface area contributed by atoms with E-state index in [0.717, 1.165) is 17.7 Å². The number of para-hydroxylation sites is 1. The van der Waals surface area contributed by atoms with Crippen LogP contribution in [-0.2, 0) is 16.4 Å². The standard InChI is InChI=1S/C24H24N2O4S/c1-3-30-21-12-10-20(11-13-21)25-31(28,29)22-14-8-18(9-15-22)24(27)26-17(2)16-19-6-4-5-7-23(19)26/h4-15,17,25H,3,16H2,1-2H3. The molecule has 1 atom stereocenters. The molecule has 3 aromatic carbocycles. The molecule has 1 heterocycles. The second kappa shape index (κ2) is 8.43. The van der Waals surface area contributed by atoms with Crippen molar-refractivity contribution in [1.29, 1.82) is 0 Å². The number of ether oxygens (including phenoxy) is 1. The summed E-state index contributed by atoms with van der Waals surface area (Å²) in [4.78, 5) is 15.0. The molecule has 1 amide bonds. The Balaban J connectivity index is 1.51. The van der Waals surface area contributed by atoms with Gasteiger partial charge < -0.3 is 9.64 Å². The molecule has 1 unspecified atom stereocenters. The van der Waals surface area contributed by atoms with Crippen molar-refractivity contribution in [2.45, 2.75) is 31.2 Å². The zero-order valence-electron chi connectivity index (χ0n) is 17.4. The third-order valence-electron chi connectivity index (χ3n) is 5.26. The van der Waals surface area contributed by atoms with Crippen LogP contribution in [0.3, 0.4) is 0 Å². The average Bonchev–Trinajstić information content (AvgIpc) is 3.10. The van der Waals surface area contributed by atoms with Crippen molar-refractivity contribution in [3.05, 3.63) is 83.9 Å². The summed E-state index contributed by atoms with van der Waals surface area (Å²) in [6.45, 7) is 4.43. The van der Waals surface area contributed by atoms with Crippen LogP contribution in [-0.4, -0.2) is 27.0 Å². The summed E-state index contributed by atoms with van der Waals surface area (Å²) >= 11 is 0. The van der Waals surface area contributed by atoms with Crippen LogP contribution in [0.4, 0.5) is 11.4 Å². The van der Waals surface area contributed by atoms with Crippen molar-refractivity contribution in [2.24, 2.45) is 0 Å². The lowest BCUT2D eigenvalue weighted by Crippen LogP contribution is -2.35. The van der Waals surface area contributed by atoms with Crippen LogP contribution in [0, 0.1) is 0 Å². The summed E-state index contributed by atoms with van der Waals surface area (Å²) in [6.07, 6.45) is 0.806. The lowest BCUT2D eigenvalue weighted by Gasteiger charge is -2.23. The Labute approximate surface area is 182 Å². The Bertz CT molecular complexity index is 1190. The predicted octanol–water partition coefficient (Wildman–Crippen LogP) is 4.48. The molecular formula is C24H24N2O4S. The van der Waals surface area contributed by atoms with Gasteiger partial charge in [0, 0.05) is 23.0 Å². The normalized spacial score (nSPS) is 15.4. The highest BCUT2D eigenvalue weighted by Gasteiger charge is 2.31. The van der Waals surface area contributed by atoms with Gasteiger partial charge in [-0.1, -0.05) is 18.2 Å². The minimum atomic E-state index is -3.78. The molecule has 0 spiro atoms. The van der Waals surface area contributed by atoms with Crippen molar-refractivity contribution < 1.29 is 17.9 Å². The molecule has 6 nitrogen and oxygen atoms in total. The molecule has 7 heteroatoms. The van der Waals surface area contributed by atoms with Gasteiger partial charge in [-0.2, -0.15) is 0 Å². The molecule has 4 rings (SSSR count). The highest BCUT2D eigenvalue weighted by molar-refractivity contribution is 7.92. The monoisotopic (exact) mass is 436 g/mol. The lowest BCUT2D eigenvalue weighted by atomic mass is 10.1. The molecule has 1 aliphatic rings. The van der Waals surface area contributed by atoms with E-state index in [-0.39, 0.29) is 16.8 Å². The average molecular weight is 437 g/mol. The minimum Gasteiger partial charge on any atom is -0.494 e. The molecule has 160 valence electrons. The number of nitrogens with one attached hydrogen (secondary N) is 1. The maximum Gasteiger partial charge on any atom is 0.261 e. The van der Waals surface area contributed by atoms with E-state index in [4.69, 9.17) is 4.74 Å². The zero-order chi connectivity index (χ0) is 22.0. The van der Waals surface area contributed by atoms with E-state index in [1.165, 1.54) is 12.1 Å². The van der Waals surface area contributed by atoms with E-state index in [1.807, 2.05) is 38.1 Å². The third-order valence-corrected chi connectivity index (χ3v) is 6.65. The highest BCUT2D eigenvalue weighted by Crippen LogP contribution is 2.33. The van der Waals surface area contributed by atoms with Crippen LogP contribution in [0.25, 0.3) is 0 Å². The molecule has 0 saturated carbocycles. The Morgan fingerprint density at radius 3 is 2.39 bits per heavy atom. The SMILES string of the molecule is CCOc1ccc(NS(=O)(=O)c2ccc(C(=O)N3c4ccccc4CC3C)cc2)cc1. The molecule has 0 fully saturated rings. The molecule has 0 aromatic heterocycles. The largest absolute Gasteiger partial charge is 0.494 e. The number of rotatable bonds is 6. The van der Waals surface area contributed by atoms with Gasteiger partial charge in [0.05, 0.1) is 11.5 Å². The molecule has 1 aliphatic heterocycles. The molecule has 0 saturated heterocycles. The van der Waals surface area contributed by atoms with Crippen LogP contribution in [0.5, 0.6) is 5.75 Å². The number of hydrogen-bond donors (Lipinski definition) is 1. The Morgan fingerprint density at radius 1 is 1.03 bits per heavy atom. The second-order valence-electron chi connectivity index (χ2n) is 7.44. The fourth-order valence-electron chi connectivity index (χ4n) is 3.79. The van der Waals surface area contributed by atoms with E-state index in [1.54, 1.807) is 41.3 Å². The quantitative estimate of drug-likeness (QED) is 0.618. The topological polar surface area (TPSA) is 75.7 Å². The highest BCUT2D eigenvalue weighted by atomic mass is 32.2. The molecule has 0 bridgehead atoms. The Hall–Kier alpha value is -3.32. The van der Waals surface area contributed by atoms with Crippen LogP contribution in [0.2, 0.25) is 0 Å². The smallest absolute Gasteiger partial charge is 0.261 e. The van der Waals surface area contributed by atoms with E-state index < -0.39 is 10.0 Å². The predicted molar refractivity (Wildman–Crippen MR) is 121 cm³/mol. The van der Waals surface area contributed by atoms with E-state index in [9.17, 15) is 13.2 Å². The van der Waals surface area contributed by atoms with Crippen LogP contribution in [0.1, 0.15) is 29.8 Å². The number of nitrogens with zero attached hydrogens (tertiary/aromatic N) is 1. The minimum absolute atomic E-state index is 0.0506. The molecule has 1 N–H and O–H groups in total. The van der Waals surface area contributed by atoms with E-state index in [2.05, 4.69) is 4.72 Å². The first-order valence-electron chi connectivity index (χ1n) is 10.2. The van der Waals surface area contributed by atoms with Crippen molar-refractivity contribution in [2.75, 3.05) is 16.2 Å². The maximum atomic E-state index is 13.1. The number of carbonyl (C=O) groups is 1. The fourth-order valence-corrected chi connectivity index (χ4v) is 4.85. The first-order chi connectivity index (χ1) is 14.9. The summed E-state index contributed by atoms with van der Waals surface area (Å²) in [6, 6.07) is 20.6. The van der Waals surface area contributed by atoms with Gasteiger partial charge in [0.25, 0.3) is 15.9 Å². The molecular weight excluding hydrogens is 412 g/mol. The van der Waals surface area contributed by atoms with Gasteiger partial charge in [-0.3, -0.25) is 9.52 Å². The Kier molecular flexibility index (Phi) is 5.69. The maximum absolute atomic E-state index is 13.1. The summed E-state index contributed by atoms with van der Waals surface area (Å²) in [5, 5.41) is 0. The molecule has 0 aliphatic carbocycles. The van der Waals surface area contributed by atoms with Crippen LogP contribution in [0.15, 0.2) is 77.7 Å². The van der Waals surface area contributed by atoms with Gasteiger partial charge >= 0.3 is 0 Å². The molecule has 3 aromatic rings. The first-order valence-corrected chi connectivity index (χ1v) is 11.6. The summed E-state index contributed by atoms with van der Waals surface area (Å²) < 4.78 is 33.4. The van der Waals surface area contributed by atoms with Gasteiger partial charge in [-0.05, 0) is 80.4 Å². The fraction of sp³-hybridized carbons (Fsp3) is 0.208. The third kappa shape index (κ3) is 4.27. The zero-order valence-corrected chi connectivity index (χ0v) is 18.2. The van der Waals surface area contributed by atoms with Crippen molar-refractivity contribution in [3.8, 4) is 5.75 Å². The number of fused-ring (bicyclic) bond motifs is 1. The Morgan fingerprint density at radius 2 is 1.71 bits per heavy atom. The van der Waals surface area contributed by atoms with Gasteiger partial charge in [-0.15, -0.1) is 0 Å². The number of anilines is 2. The van der Waals surface area contributed by atoms with Crippen LogP contribution < -0.4 is 14.4 Å². The van der Waals surface area contributed by atoms with Gasteiger partial charge in [0.15, 0.2) is 0 Å². The first kappa shape index (κ1) is 20.9. The van der Waals surface area contributed by atoms with Gasteiger partial charge in [-0.25, -0.2) is 8.42 Å². The van der Waals surface area contributed by atoms with Gasteiger partial charge in [0.2, 0.25) is 0 Å². The van der Waals surface area contributed by atoms with Crippen LogP contribution >= 0.6 is 0 Å². The number of amides is 1. The van der Waals surface area contributed by atoms with E-state index in [0.29, 0.717) is 23.6 Å². The lowest BCUT2D eigenvalue weighted by molar-refractivity contribution is 0.0981.